The molecule has 0 aliphatic rings. The van der Waals surface area contributed by atoms with Crippen molar-refractivity contribution < 1.29 is 14.2 Å². The van der Waals surface area contributed by atoms with Gasteiger partial charge in [-0.3, -0.25) is 14.9 Å². The molecule has 1 amide bonds. The second-order valence-electron chi connectivity index (χ2n) is 4.05. The molecule has 2 aromatic rings. The first kappa shape index (κ1) is 14.4. The second kappa shape index (κ2) is 6.46. The van der Waals surface area contributed by atoms with Gasteiger partial charge in [0.2, 0.25) is 6.39 Å². The third-order valence-corrected chi connectivity index (χ3v) is 2.64. The lowest BCUT2D eigenvalue weighted by Crippen LogP contribution is -2.22. The zero-order valence-electron chi connectivity index (χ0n) is 11.2. The first-order valence-corrected chi connectivity index (χ1v) is 6.17. The van der Waals surface area contributed by atoms with Crippen LogP contribution >= 0.6 is 0 Å². The van der Waals surface area contributed by atoms with Crippen molar-refractivity contribution in [3.8, 4) is 0 Å². The van der Waals surface area contributed by atoms with Gasteiger partial charge in [0, 0.05) is 18.2 Å². The molecule has 9 heteroatoms. The van der Waals surface area contributed by atoms with Crippen molar-refractivity contribution in [2.24, 2.45) is 0 Å². The molecule has 0 atom stereocenters. The lowest BCUT2D eigenvalue weighted by molar-refractivity contribution is -0.384. The minimum atomic E-state index is -0.528. The van der Waals surface area contributed by atoms with Gasteiger partial charge in [0.15, 0.2) is 5.82 Å². The van der Waals surface area contributed by atoms with Gasteiger partial charge in [-0.2, -0.15) is 4.98 Å². The van der Waals surface area contributed by atoms with Crippen LogP contribution in [0.15, 0.2) is 29.1 Å². The first-order chi connectivity index (χ1) is 10.1. The molecule has 0 saturated heterocycles. The van der Waals surface area contributed by atoms with E-state index in [4.69, 9.17) is 0 Å². The van der Waals surface area contributed by atoms with E-state index in [1.54, 1.807) is 6.92 Å². The molecule has 9 nitrogen and oxygen atoms in total. The summed E-state index contributed by atoms with van der Waals surface area (Å²) in [4.78, 5) is 26.0. The molecule has 0 unspecified atom stereocenters. The number of amides is 1. The minimum Gasteiger partial charge on any atom is -0.372 e. The summed E-state index contributed by atoms with van der Waals surface area (Å²) in [5.74, 6) is 0.0581. The van der Waals surface area contributed by atoms with E-state index in [2.05, 4.69) is 25.3 Å². The Morgan fingerprint density at radius 3 is 2.90 bits per heavy atom. The van der Waals surface area contributed by atoms with Gasteiger partial charge < -0.3 is 15.2 Å². The molecule has 110 valence electrons. The molecule has 0 radical (unpaired) electrons. The Labute approximate surface area is 119 Å². The van der Waals surface area contributed by atoms with Crippen LogP contribution in [0.1, 0.15) is 23.1 Å². The summed E-state index contributed by atoms with van der Waals surface area (Å²) in [5, 5.41) is 20.1. The maximum absolute atomic E-state index is 11.8. The molecule has 0 aliphatic heterocycles. The van der Waals surface area contributed by atoms with Crippen LogP contribution < -0.4 is 10.6 Å². The standard InChI is InChI=1S/C12H13N5O4/c1-2-13-12(18)8-3-4-10(17(19)20)9(5-8)14-6-11-15-7-21-16-11/h3-5,7,14H,2,6H2,1H3,(H,13,18). The zero-order chi connectivity index (χ0) is 15.2. The summed E-state index contributed by atoms with van der Waals surface area (Å²) in [6.45, 7) is 2.41. The highest BCUT2D eigenvalue weighted by atomic mass is 16.6. The molecule has 2 rings (SSSR count). The Bertz CT molecular complexity index is 641. The SMILES string of the molecule is CCNC(=O)c1ccc([N+](=O)[O-])c(NCc2ncon2)c1. The topological polar surface area (TPSA) is 123 Å². The Morgan fingerprint density at radius 2 is 2.29 bits per heavy atom. The van der Waals surface area contributed by atoms with Crippen LogP contribution in [-0.4, -0.2) is 27.5 Å². The van der Waals surface area contributed by atoms with Crippen LogP contribution in [0.25, 0.3) is 0 Å². The molecule has 0 fully saturated rings. The number of hydrogen-bond donors (Lipinski definition) is 2. The van der Waals surface area contributed by atoms with E-state index in [9.17, 15) is 14.9 Å². The maximum atomic E-state index is 11.8. The van der Waals surface area contributed by atoms with Gasteiger partial charge in [-0.15, -0.1) is 0 Å². The molecule has 0 bridgehead atoms. The Balaban J connectivity index is 2.24. The smallest absolute Gasteiger partial charge is 0.292 e. The number of anilines is 1. The third-order valence-electron chi connectivity index (χ3n) is 2.64. The van der Waals surface area contributed by atoms with Crippen LogP contribution in [-0.2, 0) is 6.54 Å². The van der Waals surface area contributed by atoms with Crippen LogP contribution in [0.2, 0.25) is 0 Å². The summed E-state index contributed by atoms with van der Waals surface area (Å²) in [6, 6.07) is 4.11. The molecule has 1 heterocycles. The quantitative estimate of drug-likeness (QED) is 0.608. The second-order valence-corrected chi connectivity index (χ2v) is 4.05. The van der Waals surface area contributed by atoms with Gasteiger partial charge in [0.05, 0.1) is 11.5 Å². The lowest BCUT2D eigenvalue weighted by Gasteiger charge is -2.08. The molecule has 0 saturated carbocycles. The molecule has 1 aromatic carbocycles. The number of nitro groups is 1. The number of carbonyl (C=O) groups is 1. The summed E-state index contributed by atoms with van der Waals surface area (Å²) in [7, 11) is 0. The van der Waals surface area contributed by atoms with Gasteiger partial charge >= 0.3 is 0 Å². The van der Waals surface area contributed by atoms with E-state index in [0.29, 0.717) is 17.9 Å². The Hall–Kier alpha value is -2.97. The number of benzene rings is 1. The van der Waals surface area contributed by atoms with Crippen molar-refractivity contribution in [3.05, 3.63) is 46.1 Å². The molecule has 1 aromatic heterocycles. The highest BCUT2D eigenvalue weighted by Gasteiger charge is 2.17. The van der Waals surface area contributed by atoms with Gasteiger partial charge in [-0.1, -0.05) is 5.16 Å². The predicted molar refractivity (Wildman–Crippen MR) is 72.7 cm³/mol. The van der Waals surface area contributed by atoms with Gasteiger partial charge in [0.25, 0.3) is 11.6 Å². The Morgan fingerprint density at radius 1 is 1.48 bits per heavy atom. The van der Waals surface area contributed by atoms with Gasteiger partial charge in [-0.25, -0.2) is 0 Å². The van der Waals surface area contributed by atoms with Crippen molar-refractivity contribution in [2.45, 2.75) is 13.5 Å². The zero-order valence-corrected chi connectivity index (χ0v) is 11.2. The number of carbonyl (C=O) groups excluding carboxylic acids is 1. The summed E-state index contributed by atoms with van der Waals surface area (Å²) < 4.78 is 4.58. The van der Waals surface area contributed by atoms with Crippen LogP contribution in [0.4, 0.5) is 11.4 Å². The van der Waals surface area contributed by atoms with Crippen molar-refractivity contribution in [1.29, 1.82) is 0 Å². The number of nitro benzene ring substituents is 1. The lowest BCUT2D eigenvalue weighted by atomic mass is 10.1. The minimum absolute atomic E-state index is 0.133. The molecular formula is C12H13N5O4. The largest absolute Gasteiger partial charge is 0.372 e. The molecular weight excluding hydrogens is 278 g/mol. The monoisotopic (exact) mass is 291 g/mol. The number of nitrogens with one attached hydrogen (secondary N) is 2. The van der Waals surface area contributed by atoms with E-state index >= 15 is 0 Å². The highest BCUT2D eigenvalue weighted by molar-refractivity contribution is 5.95. The maximum Gasteiger partial charge on any atom is 0.292 e. The third kappa shape index (κ3) is 3.53. The van der Waals surface area contributed by atoms with E-state index in [-0.39, 0.29) is 23.8 Å². The summed E-state index contributed by atoms with van der Waals surface area (Å²) in [5.41, 5.74) is 0.415. The van der Waals surface area contributed by atoms with Crippen molar-refractivity contribution >= 4 is 17.3 Å². The van der Waals surface area contributed by atoms with E-state index in [0.717, 1.165) is 6.39 Å². The van der Waals surface area contributed by atoms with Crippen molar-refractivity contribution in [2.75, 3.05) is 11.9 Å². The fourth-order valence-corrected chi connectivity index (χ4v) is 1.69. The molecule has 21 heavy (non-hydrogen) atoms. The van der Waals surface area contributed by atoms with E-state index in [1.807, 2.05) is 0 Å². The number of rotatable bonds is 6. The van der Waals surface area contributed by atoms with Crippen LogP contribution in [0.3, 0.4) is 0 Å². The van der Waals surface area contributed by atoms with Crippen LogP contribution in [0, 0.1) is 10.1 Å². The number of hydrogen-bond acceptors (Lipinski definition) is 7. The fraction of sp³-hybridized carbons (Fsp3) is 0.250. The predicted octanol–water partition coefficient (Wildman–Crippen LogP) is 1.34. The van der Waals surface area contributed by atoms with Crippen molar-refractivity contribution in [1.82, 2.24) is 15.5 Å². The summed E-state index contributed by atoms with van der Waals surface area (Å²) in [6.07, 6.45) is 1.16. The average molecular weight is 291 g/mol. The Kier molecular flexibility index (Phi) is 4.44. The molecule has 0 spiro atoms. The highest BCUT2D eigenvalue weighted by Crippen LogP contribution is 2.25. The fourth-order valence-electron chi connectivity index (χ4n) is 1.69. The summed E-state index contributed by atoms with van der Waals surface area (Å²) >= 11 is 0. The first-order valence-electron chi connectivity index (χ1n) is 6.17. The molecule has 0 aliphatic carbocycles. The number of aromatic nitrogens is 2. The van der Waals surface area contributed by atoms with Gasteiger partial charge in [-0.05, 0) is 19.1 Å². The molecule has 2 N–H and O–H groups in total. The van der Waals surface area contributed by atoms with Crippen LogP contribution in [0.5, 0.6) is 0 Å². The van der Waals surface area contributed by atoms with E-state index in [1.165, 1.54) is 18.2 Å². The number of nitrogens with zero attached hydrogens (tertiary/aromatic N) is 3. The van der Waals surface area contributed by atoms with Gasteiger partial charge in [0.1, 0.15) is 5.69 Å². The normalized spacial score (nSPS) is 10.1. The average Bonchev–Trinajstić information content (AvgIpc) is 2.98. The van der Waals surface area contributed by atoms with E-state index < -0.39 is 4.92 Å². The van der Waals surface area contributed by atoms with Crippen molar-refractivity contribution in [3.63, 3.8) is 0 Å².